The van der Waals surface area contributed by atoms with Gasteiger partial charge in [0.25, 0.3) is 0 Å². The summed E-state index contributed by atoms with van der Waals surface area (Å²) in [4.78, 5) is 35.2. The van der Waals surface area contributed by atoms with Gasteiger partial charge in [-0.1, -0.05) is 30.7 Å². The summed E-state index contributed by atoms with van der Waals surface area (Å²) >= 11 is 6.14. The van der Waals surface area contributed by atoms with Crippen LogP contribution in [0.15, 0.2) is 36.5 Å². The van der Waals surface area contributed by atoms with Gasteiger partial charge < -0.3 is 16.2 Å². The smallest absolute Gasteiger partial charge is 0.417 e. The van der Waals surface area contributed by atoms with Crippen LogP contribution in [0.25, 0.3) is 22.0 Å². The van der Waals surface area contributed by atoms with Gasteiger partial charge in [0, 0.05) is 39.7 Å². The highest BCUT2D eigenvalue weighted by atomic mass is 35.5. The Labute approximate surface area is 178 Å². The summed E-state index contributed by atoms with van der Waals surface area (Å²) in [6.07, 6.45) is -3.81. The number of para-hydroxylation sites is 1. The summed E-state index contributed by atoms with van der Waals surface area (Å²) in [7, 11) is 0. The molecule has 4 N–H and O–H groups in total. The molecule has 0 unspecified atom stereocenters. The molecule has 0 saturated heterocycles. The fraction of sp³-hybridized carbons (Fsp3) is 0.150. The number of rotatable bonds is 4. The van der Waals surface area contributed by atoms with E-state index in [0.29, 0.717) is 6.07 Å². The molecular formula is C20H15ClF3N3O4. The number of carbonyl (C=O) groups is 3. The second-order valence-electron chi connectivity index (χ2n) is 6.47. The number of nitrogens with two attached hydrogens (primary N) is 2. The zero-order valence-electron chi connectivity index (χ0n) is 15.9. The fourth-order valence-electron chi connectivity index (χ4n) is 3.15. The van der Waals surface area contributed by atoms with Gasteiger partial charge in [-0.3, -0.25) is 14.2 Å². The number of hydrogen-bond acceptors (Lipinski definition) is 4. The lowest BCUT2D eigenvalue weighted by atomic mass is 9.96. The largest absolute Gasteiger partial charge is 0.424 e. The number of primary amides is 2. The molecule has 11 heteroatoms. The van der Waals surface area contributed by atoms with Crippen LogP contribution in [0.5, 0.6) is 5.75 Å². The van der Waals surface area contributed by atoms with Gasteiger partial charge in [-0.15, -0.1) is 0 Å². The first-order valence-electron chi connectivity index (χ1n) is 8.81. The molecule has 0 aliphatic carbocycles. The Balaban J connectivity index is 2.42. The third-order valence-electron chi connectivity index (χ3n) is 4.49. The molecule has 0 fully saturated rings. The number of nitrogens with zero attached hydrogens (tertiary/aromatic N) is 1. The molecule has 3 aromatic rings. The molecule has 0 aliphatic heterocycles. The number of carbonyl (C=O) groups excluding carboxylic acids is 3. The Morgan fingerprint density at radius 3 is 2.39 bits per heavy atom. The van der Waals surface area contributed by atoms with Crippen LogP contribution in [0.4, 0.5) is 18.0 Å². The number of amides is 2. The minimum Gasteiger partial charge on any atom is -0.424 e. The third-order valence-corrected chi connectivity index (χ3v) is 4.79. The van der Waals surface area contributed by atoms with Crippen LogP contribution in [0.2, 0.25) is 5.02 Å². The van der Waals surface area contributed by atoms with Crippen molar-refractivity contribution in [2.24, 2.45) is 11.5 Å². The molecule has 0 bridgehead atoms. The van der Waals surface area contributed by atoms with Crippen molar-refractivity contribution < 1.29 is 32.3 Å². The lowest BCUT2D eigenvalue weighted by Gasteiger charge is -2.15. The van der Waals surface area contributed by atoms with E-state index in [1.54, 1.807) is 6.92 Å². The summed E-state index contributed by atoms with van der Waals surface area (Å²) in [6.45, 7) is 1.55. The number of alkyl halides is 3. The van der Waals surface area contributed by atoms with Crippen LogP contribution in [-0.2, 0) is 11.0 Å². The van der Waals surface area contributed by atoms with Crippen molar-refractivity contribution >= 4 is 40.4 Å². The second-order valence-corrected chi connectivity index (χ2v) is 6.88. The zero-order chi connectivity index (χ0) is 23.1. The molecule has 1 heterocycles. The molecule has 3 rings (SSSR count). The van der Waals surface area contributed by atoms with Gasteiger partial charge in [-0.2, -0.15) is 13.2 Å². The molecule has 2 aromatic carbocycles. The fourth-order valence-corrected chi connectivity index (χ4v) is 3.47. The molecule has 0 saturated carbocycles. The van der Waals surface area contributed by atoms with Crippen molar-refractivity contribution in [3.05, 3.63) is 52.7 Å². The monoisotopic (exact) mass is 453 g/mol. The van der Waals surface area contributed by atoms with Gasteiger partial charge in [0.05, 0.1) is 5.56 Å². The third kappa shape index (κ3) is 4.06. The van der Waals surface area contributed by atoms with Crippen molar-refractivity contribution in [1.82, 2.24) is 4.57 Å². The number of ether oxygens (including phenoxy) is 1. The first kappa shape index (κ1) is 22.2. The predicted octanol–water partition coefficient (Wildman–Crippen LogP) is 4.32. The molecule has 2 amide bonds. The van der Waals surface area contributed by atoms with Crippen LogP contribution >= 0.6 is 11.6 Å². The molecule has 0 radical (unpaired) electrons. The Bertz CT molecular complexity index is 1230. The standard InChI is InChI=1S/C20H15ClF3N3O4/c1-2-15(28)31-14-5-3-4-10-11(8-27(17(10)14)19(26)30)16-12(20(22,23)24)6-9(18(25)29)7-13(16)21/h3-8H,2H2,1H3,(H2,25,29)(H2,26,30). The summed E-state index contributed by atoms with van der Waals surface area (Å²) in [5.74, 6) is -1.77. The van der Waals surface area contributed by atoms with Crippen LogP contribution < -0.4 is 16.2 Å². The van der Waals surface area contributed by atoms with Gasteiger partial charge in [0.2, 0.25) is 5.91 Å². The highest BCUT2D eigenvalue weighted by molar-refractivity contribution is 6.34. The topological polar surface area (TPSA) is 117 Å². The van der Waals surface area contributed by atoms with Gasteiger partial charge in [0.15, 0.2) is 5.75 Å². The summed E-state index contributed by atoms with van der Waals surface area (Å²) in [5, 5.41) is -0.289. The van der Waals surface area contributed by atoms with Crippen molar-refractivity contribution in [3.63, 3.8) is 0 Å². The van der Waals surface area contributed by atoms with Gasteiger partial charge >= 0.3 is 18.2 Å². The van der Waals surface area contributed by atoms with Gasteiger partial charge in [-0.25, -0.2) is 4.79 Å². The lowest BCUT2D eigenvalue weighted by molar-refractivity contribution is -0.137. The predicted molar refractivity (Wildman–Crippen MR) is 107 cm³/mol. The normalized spacial score (nSPS) is 11.5. The molecular weight excluding hydrogens is 439 g/mol. The van der Waals surface area contributed by atoms with E-state index in [4.69, 9.17) is 27.8 Å². The number of halogens is 4. The van der Waals surface area contributed by atoms with E-state index in [1.807, 2.05) is 0 Å². The van der Waals surface area contributed by atoms with E-state index in [2.05, 4.69) is 0 Å². The first-order chi connectivity index (χ1) is 14.5. The molecule has 7 nitrogen and oxygen atoms in total. The van der Waals surface area contributed by atoms with Crippen molar-refractivity contribution in [2.45, 2.75) is 19.5 Å². The average molecular weight is 454 g/mol. The van der Waals surface area contributed by atoms with Crippen LogP contribution in [-0.4, -0.2) is 22.5 Å². The summed E-state index contributed by atoms with van der Waals surface area (Å²) in [6, 6.07) is 4.80. The Kier molecular flexibility index (Phi) is 5.68. The zero-order valence-corrected chi connectivity index (χ0v) is 16.7. The van der Waals surface area contributed by atoms with E-state index in [-0.39, 0.29) is 28.6 Å². The molecule has 0 spiro atoms. The Morgan fingerprint density at radius 2 is 1.84 bits per heavy atom. The molecule has 1 aromatic heterocycles. The number of esters is 1. The number of benzene rings is 2. The van der Waals surface area contributed by atoms with E-state index in [9.17, 15) is 27.6 Å². The van der Waals surface area contributed by atoms with E-state index < -0.39 is 45.8 Å². The highest BCUT2D eigenvalue weighted by Gasteiger charge is 2.37. The minimum absolute atomic E-state index is 0.00466. The van der Waals surface area contributed by atoms with Gasteiger partial charge in [-0.05, 0) is 18.2 Å². The summed E-state index contributed by atoms with van der Waals surface area (Å²) in [5.41, 5.74) is 8.27. The molecule has 0 atom stereocenters. The Hall–Kier alpha value is -3.53. The summed E-state index contributed by atoms with van der Waals surface area (Å²) < 4.78 is 47.6. The maximum atomic E-state index is 13.8. The van der Waals surface area contributed by atoms with Gasteiger partial charge in [0.1, 0.15) is 5.52 Å². The second kappa shape index (κ2) is 7.95. The lowest BCUT2D eigenvalue weighted by Crippen LogP contribution is -2.19. The van der Waals surface area contributed by atoms with E-state index in [1.165, 1.54) is 18.2 Å². The molecule has 31 heavy (non-hydrogen) atoms. The van der Waals surface area contributed by atoms with E-state index in [0.717, 1.165) is 16.8 Å². The van der Waals surface area contributed by atoms with E-state index >= 15 is 0 Å². The number of fused-ring (bicyclic) bond motifs is 1. The quantitative estimate of drug-likeness (QED) is 0.451. The van der Waals surface area contributed by atoms with Crippen molar-refractivity contribution in [3.8, 4) is 16.9 Å². The number of hydrogen-bond donors (Lipinski definition) is 2. The van der Waals surface area contributed by atoms with Crippen LogP contribution in [0.3, 0.4) is 0 Å². The maximum Gasteiger partial charge on any atom is 0.417 e. The molecule has 0 aliphatic rings. The van der Waals surface area contributed by atoms with Crippen LogP contribution in [0, 0.1) is 0 Å². The SMILES string of the molecule is CCC(=O)Oc1cccc2c(-c3c(Cl)cc(C(N)=O)cc3C(F)(F)F)cn(C(N)=O)c12. The molecule has 162 valence electrons. The number of aromatic nitrogens is 1. The van der Waals surface area contributed by atoms with Crippen molar-refractivity contribution in [1.29, 1.82) is 0 Å². The average Bonchev–Trinajstić information content (AvgIpc) is 3.07. The Morgan fingerprint density at radius 1 is 1.16 bits per heavy atom. The maximum absolute atomic E-state index is 13.8. The van der Waals surface area contributed by atoms with Crippen molar-refractivity contribution in [2.75, 3.05) is 0 Å². The van der Waals surface area contributed by atoms with Crippen LogP contribution in [0.1, 0.15) is 29.3 Å². The highest BCUT2D eigenvalue weighted by Crippen LogP contribution is 2.45. The minimum atomic E-state index is -4.90. The first-order valence-corrected chi connectivity index (χ1v) is 9.19.